The first-order valence-corrected chi connectivity index (χ1v) is 12.1. The number of aromatic nitrogens is 1. The number of para-hydroxylation sites is 2. The second kappa shape index (κ2) is 8.31. The molecule has 0 saturated heterocycles. The number of hydrogen-bond acceptors (Lipinski definition) is 4. The van der Waals surface area contributed by atoms with E-state index in [1.54, 1.807) is 0 Å². The minimum Gasteiger partial charge on any atom is -0.396 e. The second-order valence-electron chi connectivity index (χ2n) is 9.75. The first kappa shape index (κ1) is 20.4. The van der Waals surface area contributed by atoms with Crippen molar-refractivity contribution < 1.29 is 14.9 Å². The van der Waals surface area contributed by atoms with Crippen LogP contribution < -0.4 is 5.32 Å². The maximum absolute atomic E-state index is 10.7. The molecule has 168 valence electrons. The summed E-state index contributed by atoms with van der Waals surface area (Å²) in [5.74, 6) is 0.578. The predicted molar refractivity (Wildman–Crippen MR) is 125 cm³/mol. The quantitative estimate of drug-likeness (QED) is 0.548. The molecule has 1 saturated carbocycles. The van der Waals surface area contributed by atoms with E-state index >= 15 is 0 Å². The SMILES string of the molecule is OC[C@@H]1C2CC3OCc4ccccc4-n4c3c(c3ccccc34)CCNC[C@@H]2CC[C@@H]1O. The van der Waals surface area contributed by atoms with Crippen molar-refractivity contribution in [2.45, 2.75) is 44.5 Å². The lowest BCUT2D eigenvalue weighted by molar-refractivity contribution is -0.0578. The highest BCUT2D eigenvalue weighted by molar-refractivity contribution is 5.88. The summed E-state index contributed by atoms with van der Waals surface area (Å²) >= 11 is 0. The minimum absolute atomic E-state index is 0.0329. The number of nitrogens with one attached hydrogen (secondary N) is 1. The first-order chi connectivity index (χ1) is 15.8. The third-order valence-corrected chi connectivity index (χ3v) is 8.14. The van der Waals surface area contributed by atoms with Gasteiger partial charge in [-0.2, -0.15) is 0 Å². The van der Waals surface area contributed by atoms with Crippen LogP contribution in [0.4, 0.5) is 0 Å². The fourth-order valence-electron chi connectivity index (χ4n) is 6.56. The van der Waals surface area contributed by atoms with Gasteiger partial charge in [-0.05, 0) is 68.3 Å². The van der Waals surface area contributed by atoms with Crippen molar-refractivity contribution in [2.24, 2.45) is 17.8 Å². The number of hydrogen-bond donors (Lipinski definition) is 3. The minimum atomic E-state index is -0.433. The van der Waals surface area contributed by atoms with Gasteiger partial charge < -0.3 is 24.8 Å². The number of benzene rings is 2. The van der Waals surface area contributed by atoms with Crippen LogP contribution in [0.3, 0.4) is 0 Å². The van der Waals surface area contributed by atoms with Crippen molar-refractivity contribution in [1.82, 2.24) is 9.88 Å². The molecule has 1 aromatic heterocycles. The zero-order valence-electron chi connectivity index (χ0n) is 18.4. The summed E-state index contributed by atoms with van der Waals surface area (Å²) in [6.07, 6.45) is 3.07. The normalized spacial score (nSPS) is 30.1. The summed E-state index contributed by atoms with van der Waals surface area (Å²) in [6.45, 7) is 2.48. The summed E-state index contributed by atoms with van der Waals surface area (Å²) < 4.78 is 9.10. The molecule has 2 unspecified atom stereocenters. The Hall–Kier alpha value is -2.18. The molecule has 3 aliphatic rings. The van der Waals surface area contributed by atoms with Crippen molar-refractivity contribution in [1.29, 1.82) is 0 Å². The molecule has 5 heteroatoms. The van der Waals surface area contributed by atoms with Crippen molar-refractivity contribution in [2.75, 3.05) is 19.7 Å². The molecule has 0 amide bonds. The Morgan fingerprint density at radius 3 is 2.81 bits per heavy atom. The fraction of sp³-hybridized carbons (Fsp3) is 0.481. The van der Waals surface area contributed by atoms with Crippen molar-refractivity contribution >= 4 is 10.9 Å². The van der Waals surface area contributed by atoms with E-state index in [9.17, 15) is 10.2 Å². The lowest BCUT2D eigenvalue weighted by atomic mass is 9.68. The highest BCUT2D eigenvalue weighted by Crippen LogP contribution is 2.46. The summed E-state index contributed by atoms with van der Waals surface area (Å²) in [5, 5.41) is 25.9. The molecule has 0 spiro atoms. The van der Waals surface area contributed by atoms with Gasteiger partial charge in [0.05, 0.1) is 35.7 Å². The van der Waals surface area contributed by atoms with E-state index in [2.05, 4.69) is 58.4 Å². The number of nitrogens with zero attached hydrogens (tertiary/aromatic N) is 1. The molecule has 6 rings (SSSR count). The topological polar surface area (TPSA) is 66.7 Å². The third kappa shape index (κ3) is 3.22. The fourth-order valence-corrected chi connectivity index (χ4v) is 6.56. The van der Waals surface area contributed by atoms with Gasteiger partial charge in [0, 0.05) is 23.5 Å². The van der Waals surface area contributed by atoms with Gasteiger partial charge in [0.2, 0.25) is 0 Å². The molecule has 3 N–H and O–H groups in total. The average Bonchev–Trinajstić information content (AvgIpc) is 3.05. The average molecular weight is 433 g/mol. The molecule has 3 heterocycles. The summed E-state index contributed by atoms with van der Waals surface area (Å²) in [5.41, 5.74) is 6.27. The standard InChI is InChI=1S/C27H32N2O3/c30-15-22-21-13-26-27-20(11-12-28-14-17(21)9-10-25(22)31)19-6-2-4-8-24(19)29(27)23-7-3-1-5-18(23)16-32-26/h1-8,17,21-22,25-26,28,30-31H,9-16H2/t17-,21?,22+,25-,26?/m0/s1. The van der Waals surface area contributed by atoms with Crippen molar-refractivity contribution in [3.63, 3.8) is 0 Å². The molecule has 5 atom stereocenters. The van der Waals surface area contributed by atoms with Gasteiger partial charge in [0.15, 0.2) is 0 Å². The van der Waals surface area contributed by atoms with Crippen LogP contribution in [0.2, 0.25) is 0 Å². The zero-order chi connectivity index (χ0) is 21.7. The van der Waals surface area contributed by atoms with Crippen LogP contribution in [-0.4, -0.2) is 40.6 Å². The van der Waals surface area contributed by atoms with Crippen molar-refractivity contribution in [3.8, 4) is 5.69 Å². The van der Waals surface area contributed by atoms with Gasteiger partial charge in [-0.1, -0.05) is 36.4 Å². The Labute approximate surface area is 189 Å². The Morgan fingerprint density at radius 2 is 1.91 bits per heavy atom. The van der Waals surface area contributed by atoms with Crippen molar-refractivity contribution in [3.05, 3.63) is 65.4 Å². The molecule has 2 aliphatic heterocycles. The van der Waals surface area contributed by atoms with Crippen LogP contribution in [0.5, 0.6) is 0 Å². The second-order valence-corrected chi connectivity index (χ2v) is 9.75. The Bertz CT molecular complexity index is 1120. The zero-order valence-corrected chi connectivity index (χ0v) is 18.4. The number of ether oxygens (including phenoxy) is 1. The van der Waals surface area contributed by atoms with Gasteiger partial charge >= 0.3 is 0 Å². The van der Waals surface area contributed by atoms with E-state index in [1.807, 2.05) is 0 Å². The van der Waals surface area contributed by atoms with Gasteiger partial charge in [-0.15, -0.1) is 0 Å². The smallest absolute Gasteiger partial charge is 0.0988 e. The molecule has 1 fully saturated rings. The van der Waals surface area contributed by atoms with Crippen LogP contribution in [0.15, 0.2) is 48.5 Å². The maximum atomic E-state index is 10.7. The third-order valence-electron chi connectivity index (χ3n) is 8.14. The summed E-state index contributed by atoms with van der Waals surface area (Å²) in [4.78, 5) is 0. The summed E-state index contributed by atoms with van der Waals surface area (Å²) in [7, 11) is 0. The Morgan fingerprint density at radius 1 is 1.06 bits per heavy atom. The molecule has 0 radical (unpaired) electrons. The van der Waals surface area contributed by atoms with Gasteiger partial charge in [0.25, 0.3) is 0 Å². The Balaban J connectivity index is 1.55. The number of rotatable bonds is 1. The van der Waals surface area contributed by atoms with Crippen LogP contribution in [-0.2, 0) is 17.8 Å². The van der Waals surface area contributed by atoms with E-state index < -0.39 is 6.10 Å². The highest BCUT2D eigenvalue weighted by atomic mass is 16.5. The monoisotopic (exact) mass is 432 g/mol. The van der Waals surface area contributed by atoms with E-state index in [4.69, 9.17) is 4.74 Å². The number of aliphatic hydroxyl groups excluding tert-OH is 2. The summed E-state index contributed by atoms with van der Waals surface area (Å²) in [6, 6.07) is 17.3. The van der Waals surface area contributed by atoms with Crippen LogP contribution in [0.1, 0.15) is 42.2 Å². The van der Waals surface area contributed by atoms with Gasteiger partial charge in [-0.3, -0.25) is 0 Å². The van der Waals surface area contributed by atoms with Crippen LogP contribution in [0, 0.1) is 17.8 Å². The molecule has 2 aromatic carbocycles. The van der Waals surface area contributed by atoms with Crippen LogP contribution >= 0.6 is 0 Å². The molecule has 0 bridgehead atoms. The number of aliphatic hydroxyl groups is 2. The molecule has 3 aromatic rings. The van der Waals surface area contributed by atoms with E-state index in [1.165, 1.54) is 33.4 Å². The molecule has 32 heavy (non-hydrogen) atoms. The predicted octanol–water partition coefficient (Wildman–Crippen LogP) is 3.73. The largest absolute Gasteiger partial charge is 0.396 e. The lowest BCUT2D eigenvalue weighted by Gasteiger charge is -2.42. The Kier molecular flexibility index (Phi) is 5.30. The molecular formula is C27H32N2O3. The van der Waals surface area contributed by atoms with E-state index in [0.717, 1.165) is 38.8 Å². The van der Waals surface area contributed by atoms with E-state index in [0.29, 0.717) is 12.5 Å². The van der Waals surface area contributed by atoms with E-state index in [-0.39, 0.29) is 24.5 Å². The molecular weight excluding hydrogens is 400 g/mol. The van der Waals surface area contributed by atoms with Gasteiger partial charge in [-0.25, -0.2) is 0 Å². The maximum Gasteiger partial charge on any atom is 0.0988 e. The number of fused-ring (bicyclic) bond motifs is 6. The molecule has 5 nitrogen and oxygen atoms in total. The highest BCUT2D eigenvalue weighted by Gasteiger charge is 2.41. The lowest BCUT2D eigenvalue weighted by Crippen LogP contribution is -2.45. The first-order valence-electron chi connectivity index (χ1n) is 12.1. The van der Waals surface area contributed by atoms with Crippen LogP contribution in [0.25, 0.3) is 16.6 Å². The molecule has 1 aliphatic carbocycles. The van der Waals surface area contributed by atoms with Gasteiger partial charge in [0.1, 0.15) is 0 Å².